The van der Waals surface area contributed by atoms with Crippen LogP contribution in [0.4, 0.5) is 5.69 Å². The van der Waals surface area contributed by atoms with Gasteiger partial charge in [0.25, 0.3) is 11.7 Å². The summed E-state index contributed by atoms with van der Waals surface area (Å²) in [6, 6.07) is 24.2. The lowest BCUT2D eigenvalue weighted by molar-refractivity contribution is -0.132. The Bertz CT molecular complexity index is 1070. The molecule has 0 spiro atoms. The number of ether oxygens (including phenoxy) is 1. The molecule has 3 aromatic carbocycles. The average molecular weight is 385 g/mol. The number of methoxy groups -OCH3 is 1. The first-order valence-electron chi connectivity index (χ1n) is 9.17. The van der Waals surface area contributed by atoms with Gasteiger partial charge in [-0.1, -0.05) is 60.7 Å². The fraction of sp³-hybridized carbons (Fsp3) is 0.0833. The number of nitrogens with zero attached hydrogens (tertiary/aromatic N) is 1. The van der Waals surface area contributed by atoms with Gasteiger partial charge in [0, 0.05) is 11.3 Å². The molecule has 5 nitrogen and oxygen atoms in total. The van der Waals surface area contributed by atoms with Gasteiger partial charge in [0.1, 0.15) is 11.5 Å². The molecule has 1 heterocycles. The molecule has 0 saturated carbocycles. The third-order valence-corrected chi connectivity index (χ3v) is 4.96. The van der Waals surface area contributed by atoms with Gasteiger partial charge in [-0.3, -0.25) is 14.5 Å². The van der Waals surface area contributed by atoms with Crippen molar-refractivity contribution in [1.29, 1.82) is 0 Å². The van der Waals surface area contributed by atoms with Crippen LogP contribution in [0.2, 0.25) is 0 Å². The highest BCUT2D eigenvalue weighted by atomic mass is 16.5. The molecule has 1 amide bonds. The fourth-order valence-electron chi connectivity index (χ4n) is 3.54. The van der Waals surface area contributed by atoms with Crippen molar-refractivity contribution >= 4 is 23.1 Å². The van der Waals surface area contributed by atoms with Crippen molar-refractivity contribution in [2.24, 2.45) is 0 Å². The van der Waals surface area contributed by atoms with Crippen molar-refractivity contribution in [3.63, 3.8) is 0 Å². The van der Waals surface area contributed by atoms with E-state index in [1.54, 1.807) is 55.6 Å². The summed E-state index contributed by atoms with van der Waals surface area (Å²) in [7, 11) is 1.56. The summed E-state index contributed by atoms with van der Waals surface area (Å²) in [5.74, 6) is -0.933. The second kappa shape index (κ2) is 7.64. The van der Waals surface area contributed by atoms with Crippen LogP contribution in [0.3, 0.4) is 0 Å². The van der Waals surface area contributed by atoms with Crippen LogP contribution >= 0.6 is 0 Å². The van der Waals surface area contributed by atoms with Crippen molar-refractivity contribution in [2.75, 3.05) is 12.0 Å². The molecule has 1 saturated heterocycles. The zero-order chi connectivity index (χ0) is 20.4. The maximum Gasteiger partial charge on any atom is 0.300 e. The van der Waals surface area contributed by atoms with E-state index >= 15 is 0 Å². The van der Waals surface area contributed by atoms with Gasteiger partial charge in [-0.15, -0.1) is 0 Å². The maximum atomic E-state index is 13.0. The molecule has 3 aromatic rings. The minimum Gasteiger partial charge on any atom is -0.507 e. The van der Waals surface area contributed by atoms with Crippen LogP contribution < -0.4 is 9.64 Å². The van der Waals surface area contributed by atoms with E-state index in [9.17, 15) is 14.7 Å². The van der Waals surface area contributed by atoms with E-state index in [2.05, 4.69) is 0 Å². The Kier molecular flexibility index (Phi) is 4.87. The van der Waals surface area contributed by atoms with Crippen molar-refractivity contribution in [2.45, 2.75) is 6.04 Å². The summed E-state index contributed by atoms with van der Waals surface area (Å²) in [4.78, 5) is 27.4. The highest BCUT2D eigenvalue weighted by Crippen LogP contribution is 2.42. The molecule has 1 atom stereocenters. The summed E-state index contributed by atoms with van der Waals surface area (Å²) in [5.41, 5.74) is 1.85. The van der Waals surface area contributed by atoms with Gasteiger partial charge in [0.15, 0.2) is 0 Å². The Hall–Kier alpha value is -3.86. The number of benzene rings is 3. The van der Waals surface area contributed by atoms with Crippen molar-refractivity contribution < 1.29 is 19.4 Å². The lowest BCUT2D eigenvalue weighted by atomic mass is 9.95. The van der Waals surface area contributed by atoms with Crippen LogP contribution in [-0.4, -0.2) is 23.9 Å². The summed E-state index contributed by atoms with van der Waals surface area (Å²) in [6.45, 7) is 0. The van der Waals surface area contributed by atoms with Gasteiger partial charge < -0.3 is 9.84 Å². The number of ketones is 1. The minimum atomic E-state index is -0.732. The van der Waals surface area contributed by atoms with E-state index < -0.39 is 17.7 Å². The van der Waals surface area contributed by atoms with E-state index in [0.717, 1.165) is 5.56 Å². The molecule has 4 rings (SSSR count). The molecule has 0 aliphatic carbocycles. The van der Waals surface area contributed by atoms with Gasteiger partial charge in [-0.25, -0.2) is 0 Å². The SMILES string of the molecule is COc1ccc(N2C(=O)C(=O)C(=C(O)c3ccccc3)[C@H]2c2ccccc2)cc1. The monoisotopic (exact) mass is 385 g/mol. The average Bonchev–Trinajstić information content (AvgIpc) is 3.05. The normalized spacial score (nSPS) is 18.1. The molecule has 0 aromatic heterocycles. The molecular formula is C24H19NO4. The van der Waals surface area contributed by atoms with E-state index in [4.69, 9.17) is 4.74 Å². The summed E-state index contributed by atoms with van der Waals surface area (Å²) < 4.78 is 5.19. The second-order valence-electron chi connectivity index (χ2n) is 6.64. The van der Waals surface area contributed by atoms with E-state index in [1.165, 1.54) is 4.90 Å². The number of rotatable bonds is 4. The number of amides is 1. The number of carbonyl (C=O) groups excluding carboxylic acids is 2. The van der Waals surface area contributed by atoms with E-state index in [-0.39, 0.29) is 11.3 Å². The molecule has 0 bridgehead atoms. The first-order valence-corrected chi connectivity index (χ1v) is 9.17. The Labute approximate surface area is 168 Å². The van der Waals surface area contributed by atoms with Gasteiger partial charge in [-0.05, 0) is 29.8 Å². The summed E-state index contributed by atoms with van der Waals surface area (Å²) in [6.07, 6.45) is 0. The molecule has 29 heavy (non-hydrogen) atoms. The highest BCUT2D eigenvalue weighted by Gasteiger charge is 2.46. The molecule has 1 N–H and O–H groups in total. The topological polar surface area (TPSA) is 66.8 Å². The van der Waals surface area contributed by atoms with Crippen LogP contribution in [-0.2, 0) is 9.59 Å². The van der Waals surface area contributed by atoms with Gasteiger partial charge in [0.05, 0.1) is 18.7 Å². The summed E-state index contributed by atoms with van der Waals surface area (Å²) >= 11 is 0. The number of carbonyl (C=O) groups is 2. The number of aliphatic hydroxyl groups is 1. The minimum absolute atomic E-state index is 0.0724. The number of aliphatic hydroxyl groups excluding tert-OH is 1. The lowest BCUT2D eigenvalue weighted by Crippen LogP contribution is -2.29. The predicted molar refractivity (Wildman–Crippen MR) is 111 cm³/mol. The molecule has 0 radical (unpaired) electrons. The van der Waals surface area contributed by atoms with Crippen molar-refractivity contribution in [3.05, 3.63) is 102 Å². The fourth-order valence-corrected chi connectivity index (χ4v) is 3.54. The summed E-state index contributed by atoms with van der Waals surface area (Å²) in [5, 5.41) is 10.9. The van der Waals surface area contributed by atoms with Crippen LogP contribution in [0.15, 0.2) is 90.5 Å². The molecule has 144 valence electrons. The van der Waals surface area contributed by atoms with Crippen LogP contribution in [0, 0.1) is 0 Å². The third-order valence-electron chi connectivity index (χ3n) is 4.96. The number of anilines is 1. The Morgan fingerprint density at radius 1 is 0.862 bits per heavy atom. The molecule has 1 fully saturated rings. The zero-order valence-corrected chi connectivity index (χ0v) is 15.8. The molecule has 5 heteroatoms. The largest absolute Gasteiger partial charge is 0.507 e. The van der Waals surface area contributed by atoms with Crippen LogP contribution in [0.5, 0.6) is 5.75 Å². The van der Waals surface area contributed by atoms with Gasteiger partial charge in [0.2, 0.25) is 0 Å². The Morgan fingerprint density at radius 3 is 2.03 bits per heavy atom. The number of Topliss-reactive ketones (excluding diaryl/α,β-unsaturated/α-hetero) is 1. The molecule has 1 aliphatic rings. The smallest absolute Gasteiger partial charge is 0.300 e. The molecule has 0 unspecified atom stereocenters. The second-order valence-corrected chi connectivity index (χ2v) is 6.64. The van der Waals surface area contributed by atoms with Crippen molar-refractivity contribution in [3.8, 4) is 5.75 Å². The maximum absolute atomic E-state index is 13.0. The quantitative estimate of drug-likeness (QED) is 0.413. The van der Waals surface area contributed by atoms with E-state index in [1.807, 2.05) is 36.4 Å². The first-order chi connectivity index (χ1) is 14.1. The van der Waals surface area contributed by atoms with Gasteiger partial charge >= 0.3 is 0 Å². The molecule has 1 aliphatic heterocycles. The van der Waals surface area contributed by atoms with E-state index in [0.29, 0.717) is 17.0 Å². The first kappa shape index (κ1) is 18.5. The predicted octanol–water partition coefficient (Wildman–Crippen LogP) is 4.32. The standard InChI is InChI=1S/C24H19NO4/c1-29-19-14-12-18(13-15-19)25-21(16-8-4-2-5-9-16)20(23(27)24(25)28)22(26)17-10-6-3-7-11-17/h2-15,21,26H,1H3/t21-/m1/s1. The Morgan fingerprint density at radius 2 is 1.45 bits per heavy atom. The number of hydrogen-bond acceptors (Lipinski definition) is 4. The van der Waals surface area contributed by atoms with Crippen LogP contribution in [0.1, 0.15) is 17.2 Å². The van der Waals surface area contributed by atoms with Crippen LogP contribution in [0.25, 0.3) is 5.76 Å². The highest BCUT2D eigenvalue weighted by molar-refractivity contribution is 6.51. The Balaban J connectivity index is 1.91. The molecular weight excluding hydrogens is 366 g/mol. The zero-order valence-electron chi connectivity index (χ0n) is 15.8. The third kappa shape index (κ3) is 3.27. The number of hydrogen-bond donors (Lipinski definition) is 1. The van der Waals surface area contributed by atoms with Gasteiger partial charge in [-0.2, -0.15) is 0 Å². The lowest BCUT2D eigenvalue weighted by Gasteiger charge is -2.25. The van der Waals surface area contributed by atoms with Crippen molar-refractivity contribution in [1.82, 2.24) is 0 Å².